The number of hydrogen-bond donors (Lipinski definition) is 1. The summed E-state index contributed by atoms with van der Waals surface area (Å²) in [5.41, 5.74) is 5.69. The lowest BCUT2D eigenvalue weighted by atomic mass is 10.2. The van der Waals surface area contributed by atoms with Gasteiger partial charge in [0.15, 0.2) is 0 Å². The van der Waals surface area contributed by atoms with Crippen LogP contribution in [0.3, 0.4) is 0 Å². The van der Waals surface area contributed by atoms with E-state index in [9.17, 15) is 9.59 Å². The third-order valence-electron chi connectivity index (χ3n) is 2.64. The summed E-state index contributed by atoms with van der Waals surface area (Å²) in [5.74, 6) is 1.46. The molecule has 0 bridgehead atoms. The van der Waals surface area contributed by atoms with Crippen LogP contribution in [0.4, 0.5) is 0 Å². The minimum atomic E-state index is -0.508. The maximum atomic E-state index is 11.3. The topological polar surface area (TPSA) is 78.6 Å². The Morgan fingerprint density at radius 2 is 1.75 bits per heavy atom. The summed E-state index contributed by atoms with van der Waals surface area (Å²) in [6, 6.07) is -0.508. The van der Waals surface area contributed by atoms with Crippen molar-refractivity contribution in [3.8, 4) is 0 Å². The predicted molar refractivity (Wildman–Crippen MR) is 81.7 cm³/mol. The van der Waals surface area contributed by atoms with Gasteiger partial charge in [0.05, 0.1) is 13.2 Å². The summed E-state index contributed by atoms with van der Waals surface area (Å²) in [4.78, 5) is 22.4. The number of esters is 2. The van der Waals surface area contributed by atoms with Gasteiger partial charge in [-0.1, -0.05) is 6.42 Å². The fraction of sp³-hybridized carbons (Fsp3) is 0.857. The largest absolute Gasteiger partial charge is 0.466 e. The van der Waals surface area contributed by atoms with E-state index in [1.54, 1.807) is 18.7 Å². The van der Waals surface area contributed by atoms with E-state index >= 15 is 0 Å². The number of carbonyl (C=O) groups is 2. The summed E-state index contributed by atoms with van der Waals surface area (Å²) in [6.45, 7) is 4.42. The Balaban J connectivity index is 3.32. The van der Waals surface area contributed by atoms with Gasteiger partial charge in [-0.15, -0.1) is 0 Å². The van der Waals surface area contributed by atoms with Crippen molar-refractivity contribution in [3.63, 3.8) is 0 Å². The summed E-state index contributed by atoms with van der Waals surface area (Å²) >= 11 is 1.78. The summed E-state index contributed by atoms with van der Waals surface area (Å²) in [6.07, 6.45) is 4.12. The van der Waals surface area contributed by atoms with Crippen LogP contribution in [0.5, 0.6) is 0 Å². The molecular formula is C14H27NO4S. The van der Waals surface area contributed by atoms with Gasteiger partial charge in [0.1, 0.15) is 6.04 Å². The molecule has 0 heterocycles. The Bertz CT molecular complexity index is 274. The van der Waals surface area contributed by atoms with Gasteiger partial charge in [0, 0.05) is 6.42 Å². The van der Waals surface area contributed by atoms with Crippen LogP contribution in [0.25, 0.3) is 0 Å². The van der Waals surface area contributed by atoms with Crippen LogP contribution in [0.1, 0.15) is 46.0 Å². The second-order valence-electron chi connectivity index (χ2n) is 4.38. The second kappa shape index (κ2) is 13.2. The van der Waals surface area contributed by atoms with Crippen molar-refractivity contribution >= 4 is 23.7 Å². The van der Waals surface area contributed by atoms with Crippen LogP contribution in [0, 0.1) is 0 Å². The third kappa shape index (κ3) is 11.1. The molecule has 0 fully saturated rings. The van der Waals surface area contributed by atoms with Gasteiger partial charge in [-0.25, -0.2) is 0 Å². The van der Waals surface area contributed by atoms with Gasteiger partial charge in [-0.3, -0.25) is 9.59 Å². The zero-order valence-corrected chi connectivity index (χ0v) is 13.4. The lowest BCUT2D eigenvalue weighted by Crippen LogP contribution is -2.32. The zero-order chi connectivity index (χ0) is 15.2. The van der Waals surface area contributed by atoms with E-state index < -0.39 is 6.04 Å². The second-order valence-corrected chi connectivity index (χ2v) is 5.60. The molecule has 5 nitrogen and oxygen atoms in total. The molecule has 0 amide bonds. The Kier molecular flexibility index (Phi) is 12.7. The normalized spacial score (nSPS) is 11.9. The van der Waals surface area contributed by atoms with E-state index in [4.69, 9.17) is 15.2 Å². The van der Waals surface area contributed by atoms with Crippen molar-refractivity contribution in [1.82, 2.24) is 0 Å². The van der Waals surface area contributed by atoms with Crippen molar-refractivity contribution in [3.05, 3.63) is 0 Å². The fourth-order valence-electron chi connectivity index (χ4n) is 1.56. The molecule has 0 aromatic heterocycles. The van der Waals surface area contributed by atoms with Gasteiger partial charge >= 0.3 is 11.9 Å². The standard InChI is InChI=1S/C14H27NO4S/c1-3-18-13(16)8-6-5-7-10-20-11-9-12(15)14(17)19-4-2/h12H,3-11,15H2,1-2H3. The average Bonchev–Trinajstić information content (AvgIpc) is 2.42. The van der Waals surface area contributed by atoms with Crippen molar-refractivity contribution in [1.29, 1.82) is 0 Å². The molecule has 0 aliphatic heterocycles. The van der Waals surface area contributed by atoms with Crippen molar-refractivity contribution < 1.29 is 19.1 Å². The first-order valence-corrected chi connectivity index (χ1v) is 8.42. The first-order chi connectivity index (χ1) is 9.61. The van der Waals surface area contributed by atoms with Crippen LogP contribution in [-0.4, -0.2) is 42.7 Å². The molecule has 20 heavy (non-hydrogen) atoms. The Hall–Kier alpha value is -0.750. The Labute approximate surface area is 125 Å². The van der Waals surface area contributed by atoms with E-state index in [0.717, 1.165) is 30.8 Å². The number of hydrogen-bond acceptors (Lipinski definition) is 6. The van der Waals surface area contributed by atoms with Crippen molar-refractivity contribution in [2.24, 2.45) is 5.73 Å². The number of unbranched alkanes of at least 4 members (excludes halogenated alkanes) is 2. The molecule has 0 aliphatic carbocycles. The lowest BCUT2D eigenvalue weighted by Gasteiger charge is -2.09. The molecule has 0 spiro atoms. The molecule has 1 unspecified atom stereocenters. The Morgan fingerprint density at radius 3 is 2.40 bits per heavy atom. The first kappa shape index (κ1) is 19.2. The van der Waals surface area contributed by atoms with Crippen LogP contribution in [-0.2, 0) is 19.1 Å². The molecule has 0 aromatic carbocycles. The SMILES string of the molecule is CCOC(=O)CCCCCSCCC(N)C(=O)OCC. The molecule has 1 atom stereocenters. The van der Waals surface area contributed by atoms with Gasteiger partial charge in [0.25, 0.3) is 0 Å². The minimum absolute atomic E-state index is 0.111. The highest BCUT2D eigenvalue weighted by molar-refractivity contribution is 7.99. The van der Waals surface area contributed by atoms with Crippen LogP contribution in [0.2, 0.25) is 0 Å². The van der Waals surface area contributed by atoms with Gasteiger partial charge < -0.3 is 15.2 Å². The van der Waals surface area contributed by atoms with E-state index in [1.807, 2.05) is 6.92 Å². The minimum Gasteiger partial charge on any atom is -0.466 e. The molecule has 0 aliphatic rings. The van der Waals surface area contributed by atoms with Crippen LogP contribution >= 0.6 is 11.8 Å². The molecule has 0 rings (SSSR count). The molecule has 0 aromatic rings. The quantitative estimate of drug-likeness (QED) is 0.439. The molecule has 0 saturated heterocycles. The Morgan fingerprint density at radius 1 is 1.05 bits per heavy atom. The highest BCUT2D eigenvalue weighted by Crippen LogP contribution is 2.10. The molecular weight excluding hydrogens is 278 g/mol. The predicted octanol–water partition coefficient (Wildman–Crippen LogP) is 2.12. The number of carbonyl (C=O) groups excluding carboxylic acids is 2. The van der Waals surface area contributed by atoms with Crippen LogP contribution < -0.4 is 5.73 Å². The van der Waals surface area contributed by atoms with Gasteiger partial charge in [-0.2, -0.15) is 11.8 Å². The number of nitrogens with two attached hydrogens (primary N) is 1. The van der Waals surface area contributed by atoms with E-state index in [0.29, 0.717) is 26.1 Å². The molecule has 0 saturated carbocycles. The van der Waals surface area contributed by atoms with Crippen molar-refractivity contribution in [2.75, 3.05) is 24.7 Å². The monoisotopic (exact) mass is 305 g/mol. The van der Waals surface area contributed by atoms with E-state index in [-0.39, 0.29) is 11.9 Å². The molecule has 6 heteroatoms. The molecule has 2 N–H and O–H groups in total. The highest BCUT2D eigenvalue weighted by Gasteiger charge is 2.13. The maximum absolute atomic E-state index is 11.3. The molecule has 118 valence electrons. The van der Waals surface area contributed by atoms with E-state index in [1.165, 1.54) is 0 Å². The smallest absolute Gasteiger partial charge is 0.322 e. The molecule has 0 radical (unpaired) electrons. The van der Waals surface area contributed by atoms with Gasteiger partial charge in [-0.05, 0) is 44.6 Å². The van der Waals surface area contributed by atoms with Gasteiger partial charge in [0.2, 0.25) is 0 Å². The van der Waals surface area contributed by atoms with Crippen molar-refractivity contribution in [2.45, 2.75) is 52.0 Å². The summed E-state index contributed by atoms with van der Waals surface area (Å²) in [5, 5.41) is 0. The van der Waals surface area contributed by atoms with E-state index in [2.05, 4.69) is 0 Å². The third-order valence-corrected chi connectivity index (χ3v) is 3.74. The highest BCUT2D eigenvalue weighted by atomic mass is 32.2. The fourth-order valence-corrected chi connectivity index (χ4v) is 2.60. The zero-order valence-electron chi connectivity index (χ0n) is 12.6. The summed E-state index contributed by atoms with van der Waals surface area (Å²) < 4.78 is 9.69. The lowest BCUT2D eigenvalue weighted by molar-refractivity contribution is -0.145. The summed E-state index contributed by atoms with van der Waals surface area (Å²) in [7, 11) is 0. The number of ether oxygens (including phenoxy) is 2. The number of thioether (sulfide) groups is 1. The average molecular weight is 305 g/mol. The number of rotatable bonds is 12. The van der Waals surface area contributed by atoms with Crippen LogP contribution in [0.15, 0.2) is 0 Å². The first-order valence-electron chi connectivity index (χ1n) is 7.27. The maximum Gasteiger partial charge on any atom is 0.322 e.